The maximum atomic E-state index is 13.1. The number of carbonyl (C=O) groups is 1. The Morgan fingerprint density at radius 2 is 2.11 bits per heavy atom. The van der Waals surface area contributed by atoms with Crippen molar-refractivity contribution in [2.24, 2.45) is 0 Å². The van der Waals surface area contributed by atoms with Crippen molar-refractivity contribution in [2.45, 2.75) is 0 Å². The number of hydrogen-bond donors (Lipinski definition) is 2. The van der Waals surface area contributed by atoms with Gasteiger partial charge in [-0.25, -0.2) is 9.37 Å². The molecule has 0 atom stereocenters. The number of rotatable bonds is 3. The van der Waals surface area contributed by atoms with Gasteiger partial charge in [0.05, 0.1) is 5.56 Å². The van der Waals surface area contributed by atoms with Crippen LogP contribution in [0.1, 0.15) is 10.4 Å². The molecule has 1 aromatic carbocycles. The molecule has 0 radical (unpaired) electrons. The van der Waals surface area contributed by atoms with Crippen LogP contribution in [-0.2, 0) is 0 Å². The number of hydrogen-bond acceptors (Lipinski definition) is 3. The van der Waals surface area contributed by atoms with Gasteiger partial charge in [-0.1, -0.05) is 11.6 Å². The minimum absolute atomic E-state index is 0.221. The van der Waals surface area contributed by atoms with Crippen LogP contribution in [0.5, 0.6) is 0 Å². The number of nitrogens with one attached hydrogen (secondary N) is 2. The maximum Gasteiger partial charge on any atom is 0.257 e. The third-order valence-corrected chi connectivity index (χ3v) is 2.62. The molecule has 6 heteroatoms. The van der Waals surface area contributed by atoms with Gasteiger partial charge in [-0.2, -0.15) is 0 Å². The first-order valence-corrected chi connectivity index (χ1v) is 5.87. The Morgan fingerprint density at radius 1 is 1.32 bits per heavy atom. The Hall–Kier alpha value is -2.14. The number of halogens is 2. The summed E-state index contributed by atoms with van der Waals surface area (Å²) in [6, 6.07) is 7.13. The molecule has 0 spiro atoms. The average Bonchev–Trinajstić information content (AvgIpc) is 2.37. The SMILES string of the molecule is CNc1ccc(C(=O)Nc2cc(F)cc(Cl)c2)cn1. The minimum atomic E-state index is -0.508. The molecule has 0 fully saturated rings. The second-order valence-electron chi connectivity index (χ2n) is 3.79. The van der Waals surface area contributed by atoms with Crippen molar-refractivity contribution >= 4 is 29.0 Å². The summed E-state index contributed by atoms with van der Waals surface area (Å²) in [5.41, 5.74) is 0.673. The summed E-state index contributed by atoms with van der Waals surface area (Å²) in [5, 5.41) is 5.62. The lowest BCUT2D eigenvalue weighted by Crippen LogP contribution is -2.12. The number of amides is 1. The molecule has 0 unspecified atom stereocenters. The number of pyridine rings is 1. The van der Waals surface area contributed by atoms with Crippen LogP contribution in [0.4, 0.5) is 15.9 Å². The van der Waals surface area contributed by atoms with Gasteiger partial charge in [0.1, 0.15) is 11.6 Å². The van der Waals surface area contributed by atoms with Gasteiger partial charge in [-0.3, -0.25) is 4.79 Å². The first-order valence-electron chi connectivity index (χ1n) is 5.50. The van der Waals surface area contributed by atoms with Crippen LogP contribution < -0.4 is 10.6 Å². The Labute approximate surface area is 114 Å². The van der Waals surface area contributed by atoms with E-state index < -0.39 is 5.82 Å². The minimum Gasteiger partial charge on any atom is -0.373 e. The third-order valence-electron chi connectivity index (χ3n) is 2.40. The molecule has 0 aliphatic rings. The van der Waals surface area contributed by atoms with Crippen molar-refractivity contribution in [3.63, 3.8) is 0 Å². The highest BCUT2D eigenvalue weighted by Gasteiger charge is 2.08. The Bertz CT molecular complexity index is 581. The van der Waals surface area contributed by atoms with Crippen molar-refractivity contribution < 1.29 is 9.18 Å². The summed E-state index contributed by atoms with van der Waals surface area (Å²) in [7, 11) is 1.73. The molecule has 0 bridgehead atoms. The second kappa shape index (κ2) is 5.67. The number of carbonyl (C=O) groups excluding carboxylic acids is 1. The third kappa shape index (κ3) is 3.42. The monoisotopic (exact) mass is 279 g/mol. The predicted octanol–water partition coefficient (Wildman–Crippen LogP) is 3.17. The van der Waals surface area contributed by atoms with Gasteiger partial charge in [-0.15, -0.1) is 0 Å². The molecule has 98 valence electrons. The fourth-order valence-electron chi connectivity index (χ4n) is 1.51. The lowest BCUT2D eigenvalue weighted by Gasteiger charge is -2.06. The van der Waals surface area contributed by atoms with Gasteiger partial charge in [0.2, 0.25) is 0 Å². The summed E-state index contributed by atoms with van der Waals surface area (Å²) >= 11 is 5.71. The summed E-state index contributed by atoms with van der Waals surface area (Å²) < 4.78 is 13.1. The van der Waals surface area contributed by atoms with E-state index in [1.165, 1.54) is 24.4 Å². The van der Waals surface area contributed by atoms with Gasteiger partial charge in [0.15, 0.2) is 0 Å². The maximum absolute atomic E-state index is 13.1. The largest absolute Gasteiger partial charge is 0.373 e. The summed E-state index contributed by atoms with van der Waals surface area (Å²) in [5.74, 6) is -0.228. The summed E-state index contributed by atoms with van der Waals surface area (Å²) in [6.45, 7) is 0. The average molecular weight is 280 g/mol. The smallest absolute Gasteiger partial charge is 0.257 e. The molecule has 19 heavy (non-hydrogen) atoms. The molecule has 1 heterocycles. The highest BCUT2D eigenvalue weighted by molar-refractivity contribution is 6.31. The molecule has 0 saturated carbocycles. The van der Waals surface area contributed by atoms with Crippen LogP contribution in [0.25, 0.3) is 0 Å². The van der Waals surface area contributed by atoms with Crippen LogP contribution in [0.15, 0.2) is 36.5 Å². The first-order chi connectivity index (χ1) is 9.08. The van der Waals surface area contributed by atoms with E-state index in [1.807, 2.05) is 0 Å². The first kappa shape index (κ1) is 13.3. The summed E-state index contributed by atoms with van der Waals surface area (Å²) in [6.07, 6.45) is 1.43. The number of nitrogens with zero attached hydrogens (tertiary/aromatic N) is 1. The second-order valence-corrected chi connectivity index (χ2v) is 4.23. The topological polar surface area (TPSA) is 54.0 Å². The van der Waals surface area contributed by atoms with Crippen LogP contribution in [0, 0.1) is 5.82 Å². The molecule has 4 nitrogen and oxygen atoms in total. The number of aromatic nitrogens is 1. The molecule has 1 amide bonds. The van der Waals surface area contributed by atoms with E-state index in [9.17, 15) is 9.18 Å². The van der Waals surface area contributed by atoms with Crippen LogP contribution in [-0.4, -0.2) is 17.9 Å². The molecule has 2 rings (SSSR count). The molecule has 0 aliphatic carbocycles. The van der Waals surface area contributed by atoms with E-state index in [-0.39, 0.29) is 10.9 Å². The Morgan fingerprint density at radius 3 is 2.68 bits per heavy atom. The lowest BCUT2D eigenvalue weighted by molar-refractivity contribution is 0.102. The highest BCUT2D eigenvalue weighted by Crippen LogP contribution is 2.18. The molecular weight excluding hydrogens is 269 g/mol. The van der Waals surface area contributed by atoms with E-state index in [0.717, 1.165) is 0 Å². The Kier molecular flexibility index (Phi) is 3.97. The van der Waals surface area contributed by atoms with Crippen molar-refractivity contribution in [2.75, 3.05) is 17.7 Å². The fraction of sp³-hybridized carbons (Fsp3) is 0.0769. The van der Waals surface area contributed by atoms with E-state index in [4.69, 9.17) is 11.6 Å². The number of benzene rings is 1. The zero-order valence-corrected chi connectivity index (χ0v) is 10.8. The van der Waals surface area contributed by atoms with Gasteiger partial charge in [0, 0.05) is 24.0 Å². The van der Waals surface area contributed by atoms with Gasteiger partial charge >= 0.3 is 0 Å². The highest BCUT2D eigenvalue weighted by atomic mass is 35.5. The molecule has 1 aromatic heterocycles. The predicted molar refractivity (Wildman–Crippen MR) is 73.1 cm³/mol. The van der Waals surface area contributed by atoms with Crippen molar-refractivity contribution in [3.8, 4) is 0 Å². The summed E-state index contributed by atoms with van der Waals surface area (Å²) in [4.78, 5) is 15.9. The van der Waals surface area contributed by atoms with Crippen molar-refractivity contribution in [1.29, 1.82) is 0 Å². The van der Waals surface area contributed by atoms with E-state index in [1.54, 1.807) is 19.2 Å². The lowest BCUT2D eigenvalue weighted by atomic mass is 10.2. The van der Waals surface area contributed by atoms with E-state index >= 15 is 0 Å². The normalized spacial score (nSPS) is 10.1. The zero-order valence-electron chi connectivity index (χ0n) is 10.1. The van der Waals surface area contributed by atoms with Crippen LogP contribution in [0.3, 0.4) is 0 Å². The van der Waals surface area contributed by atoms with Crippen molar-refractivity contribution in [1.82, 2.24) is 4.98 Å². The van der Waals surface area contributed by atoms with Crippen LogP contribution >= 0.6 is 11.6 Å². The molecule has 2 aromatic rings. The molecule has 0 saturated heterocycles. The number of anilines is 2. The fourth-order valence-corrected chi connectivity index (χ4v) is 1.73. The quantitative estimate of drug-likeness (QED) is 0.907. The van der Waals surface area contributed by atoms with Gasteiger partial charge in [0.25, 0.3) is 5.91 Å². The van der Waals surface area contributed by atoms with Gasteiger partial charge in [-0.05, 0) is 30.3 Å². The van der Waals surface area contributed by atoms with E-state index in [0.29, 0.717) is 17.1 Å². The molecule has 2 N–H and O–H groups in total. The standard InChI is InChI=1S/C13H11ClFN3O/c1-16-12-3-2-8(7-17-12)13(19)18-11-5-9(14)4-10(15)6-11/h2-7H,1H3,(H,16,17)(H,18,19). The van der Waals surface area contributed by atoms with Gasteiger partial charge < -0.3 is 10.6 Å². The van der Waals surface area contributed by atoms with Crippen molar-refractivity contribution in [3.05, 3.63) is 52.9 Å². The van der Waals surface area contributed by atoms with E-state index in [2.05, 4.69) is 15.6 Å². The molecule has 0 aliphatic heterocycles. The van der Waals surface area contributed by atoms with Crippen LogP contribution in [0.2, 0.25) is 5.02 Å². The molecular formula is C13H11ClFN3O. The zero-order chi connectivity index (χ0) is 13.8. The Balaban J connectivity index is 2.15.